The van der Waals surface area contributed by atoms with Gasteiger partial charge in [0.2, 0.25) is 0 Å². The van der Waals surface area contributed by atoms with Gasteiger partial charge in [-0.05, 0) is 48.2 Å². The van der Waals surface area contributed by atoms with Crippen molar-refractivity contribution in [2.45, 2.75) is 13.8 Å². The number of nitrogens with one attached hydrogen (secondary N) is 1. The number of aldehydes is 1. The van der Waals surface area contributed by atoms with E-state index in [1.54, 1.807) is 6.20 Å². The van der Waals surface area contributed by atoms with Crippen molar-refractivity contribution in [1.82, 2.24) is 4.98 Å². The quantitative estimate of drug-likeness (QED) is 0.676. The Morgan fingerprint density at radius 3 is 2.74 bits per heavy atom. The van der Waals surface area contributed by atoms with Crippen molar-refractivity contribution in [3.05, 3.63) is 59.3 Å². The number of H-pyrrole nitrogens is 1. The van der Waals surface area contributed by atoms with Gasteiger partial charge in [0.05, 0.1) is 0 Å². The second-order valence-corrected chi connectivity index (χ2v) is 4.87. The minimum absolute atomic E-state index is 0.710. The number of hydrogen-bond acceptors (Lipinski definition) is 1. The highest BCUT2D eigenvalue weighted by molar-refractivity contribution is 5.99. The molecule has 0 radical (unpaired) electrons. The number of rotatable bonds is 2. The first-order chi connectivity index (χ1) is 9.20. The van der Waals surface area contributed by atoms with Gasteiger partial charge in [0.15, 0.2) is 6.29 Å². The summed E-state index contributed by atoms with van der Waals surface area (Å²) in [5.41, 5.74) is 6.64. The summed E-state index contributed by atoms with van der Waals surface area (Å²) < 4.78 is 0. The minimum Gasteiger partial charge on any atom is -0.360 e. The lowest BCUT2D eigenvalue weighted by atomic mass is 9.96. The van der Waals surface area contributed by atoms with E-state index < -0.39 is 0 Å². The van der Waals surface area contributed by atoms with Crippen LogP contribution in [-0.2, 0) is 0 Å². The Hall–Kier alpha value is -2.35. The Balaban J connectivity index is 2.25. The monoisotopic (exact) mass is 249 g/mol. The van der Waals surface area contributed by atoms with Crippen LogP contribution in [0.2, 0.25) is 0 Å². The average molecular weight is 249 g/mol. The maximum Gasteiger partial charge on any atom is 0.152 e. The first-order valence-corrected chi connectivity index (χ1v) is 6.33. The molecule has 0 fully saturated rings. The van der Waals surface area contributed by atoms with Crippen LogP contribution in [0.15, 0.2) is 42.6 Å². The Morgan fingerprint density at radius 2 is 1.95 bits per heavy atom. The number of benzene rings is 2. The minimum atomic E-state index is 0.710. The van der Waals surface area contributed by atoms with E-state index in [-0.39, 0.29) is 0 Å². The number of fused-ring (bicyclic) bond motifs is 1. The van der Waals surface area contributed by atoms with E-state index >= 15 is 0 Å². The van der Waals surface area contributed by atoms with E-state index in [0.29, 0.717) is 5.56 Å². The van der Waals surface area contributed by atoms with Gasteiger partial charge in [0, 0.05) is 22.7 Å². The molecular weight excluding hydrogens is 234 g/mol. The maximum absolute atomic E-state index is 11.0. The first kappa shape index (κ1) is 11.7. The molecule has 1 heterocycles. The van der Waals surface area contributed by atoms with Gasteiger partial charge in [0.25, 0.3) is 0 Å². The number of carbonyl (C=O) groups is 1. The maximum atomic E-state index is 11.0. The number of aryl methyl sites for hydroxylation is 1. The van der Waals surface area contributed by atoms with Gasteiger partial charge in [-0.3, -0.25) is 4.79 Å². The van der Waals surface area contributed by atoms with Gasteiger partial charge in [-0.2, -0.15) is 0 Å². The van der Waals surface area contributed by atoms with Crippen LogP contribution in [0.3, 0.4) is 0 Å². The zero-order chi connectivity index (χ0) is 13.4. The predicted molar refractivity (Wildman–Crippen MR) is 78.6 cm³/mol. The molecule has 3 aromatic rings. The third-order valence-corrected chi connectivity index (χ3v) is 3.76. The Morgan fingerprint density at radius 1 is 1.11 bits per heavy atom. The summed E-state index contributed by atoms with van der Waals surface area (Å²) in [6.07, 6.45) is 2.65. The van der Waals surface area contributed by atoms with Gasteiger partial charge >= 0.3 is 0 Å². The molecule has 1 N–H and O–H groups in total. The summed E-state index contributed by atoms with van der Waals surface area (Å²) in [4.78, 5) is 14.1. The van der Waals surface area contributed by atoms with Gasteiger partial charge in [-0.1, -0.05) is 24.3 Å². The number of carbonyl (C=O) groups excluding carboxylic acids is 1. The fourth-order valence-corrected chi connectivity index (χ4v) is 2.47. The van der Waals surface area contributed by atoms with Crippen molar-refractivity contribution in [2.75, 3.05) is 0 Å². The zero-order valence-corrected chi connectivity index (χ0v) is 11.0. The fourth-order valence-electron chi connectivity index (χ4n) is 2.47. The number of aromatic nitrogens is 1. The van der Waals surface area contributed by atoms with Gasteiger partial charge in [-0.15, -0.1) is 0 Å². The molecular formula is C17H15NO. The molecule has 2 heteroatoms. The van der Waals surface area contributed by atoms with E-state index in [1.165, 1.54) is 16.7 Å². The van der Waals surface area contributed by atoms with Gasteiger partial charge in [0.1, 0.15) is 0 Å². The van der Waals surface area contributed by atoms with Gasteiger partial charge in [-0.25, -0.2) is 0 Å². The molecule has 0 amide bonds. The summed E-state index contributed by atoms with van der Waals surface area (Å²) in [5, 5.41) is 0.980. The van der Waals surface area contributed by atoms with E-state index in [0.717, 1.165) is 22.8 Å². The molecule has 0 aliphatic heterocycles. The summed E-state index contributed by atoms with van der Waals surface area (Å²) >= 11 is 0. The summed E-state index contributed by atoms with van der Waals surface area (Å²) in [7, 11) is 0. The molecule has 2 aromatic carbocycles. The third-order valence-electron chi connectivity index (χ3n) is 3.76. The molecule has 0 atom stereocenters. The highest BCUT2D eigenvalue weighted by Crippen LogP contribution is 2.29. The third kappa shape index (κ3) is 1.85. The van der Waals surface area contributed by atoms with Crippen LogP contribution in [0.4, 0.5) is 0 Å². The highest BCUT2D eigenvalue weighted by Gasteiger charge is 2.07. The van der Waals surface area contributed by atoms with E-state index in [4.69, 9.17) is 0 Å². The lowest BCUT2D eigenvalue weighted by Gasteiger charge is -2.09. The normalized spacial score (nSPS) is 10.8. The molecule has 0 saturated heterocycles. The SMILES string of the molecule is Cc1cccc(-c2ccc3[nH]cc(C=O)c3c2)c1C. The predicted octanol–water partition coefficient (Wildman–Crippen LogP) is 4.26. The molecule has 0 bridgehead atoms. The lowest BCUT2D eigenvalue weighted by molar-refractivity contribution is 0.112. The molecule has 2 nitrogen and oxygen atoms in total. The average Bonchev–Trinajstić information content (AvgIpc) is 2.84. The van der Waals surface area contributed by atoms with Crippen LogP contribution in [0.5, 0.6) is 0 Å². The van der Waals surface area contributed by atoms with Crippen molar-refractivity contribution in [1.29, 1.82) is 0 Å². The molecule has 3 rings (SSSR count). The molecule has 0 saturated carbocycles. The van der Waals surface area contributed by atoms with E-state index in [9.17, 15) is 4.79 Å². The number of hydrogen-bond donors (Lipinski definition) is 1. The van der Waals surface area contributed by atoms with E-state index in [1.807, 2.05) is 6.07 Å². The first-order valence-electron chi connectivity index (χ1n) is 6.33. The van der Waals surface area contributed by atoms with Crippen LogP contribution in [0, 0.1) is 13.8 Å². The van der Waals surface area contributed by atoms with E-state index in [2.05, 4.69) is 49.2 Å². The molecule has 0 spiro atoms. The van der Waals surface area contributed by atoms with Crippen molar-refractivity contribution < 1.29 is 4.79 Å². The van der Waals surface area contributed by atoms with Crippen LogP contribution in [-0.4, -0.2) is 11.3 Å². The Kier molecular flexibility index (Phi) is 2.71. The second kappa shape index (κ2) is 4.39. The lowest BCUT2D eigenvalue weighted by Crippen LogP contribution is -1.87. The zero-order valence-electron chi connectivity index (χ0n) is 11.0. The van der Waals surface area contributed by atoms with Gasteiger partial charge < -0.3 is 4.98 Å². The van der Waals surface area contributed by atoms with Crippen molar-refractivity contribution in [3.63, 3.8) is 0 Å². The summed E-state index contributed by atoms with van der Waals surface area (Å²) in [5.74, 6) is 0. The molecule has 0 unspecified atom stereocenters. The van der Waals surface area contributed by atoms with Crippen LogP contribution >= 0.6 is 0 Å². The summed E-state index contributed by atoms with van der Waals surface area (Å²) in [6.45, 7) is 4.25. The number of aromatic amines is 1. The van der Waals surface area contributed by atoms with Crippen molar-refractivity contribution in [3.8, 4) is 11.1 Å². The molecule has 94 valence electrons. The highest BCUT2D eigenvalue weighted by atomic mass is 16.1. The molecule has 0 aliphatic carbocycles. The Bertz CT molecular complexity index is 768. The topological polar surface area (TPSA) is 32.9 Å². The van der Waals surface area contributed by atoms with Crippen molar-refractivity contribution >= 4 is 17.2 Å². The van der Waals surface area contributed by atoms with Crippen molar-refractivity contribution in [2.24, 2.45) is 0 Å². The van der Waals surface area contributed by atoms with Crippen LogP contribution in [0.25, 0.3) is 22.0 Å². The Labute approximate surface area is 112 Å². The standard InChI is InChI=1S/C17H15NO/c1-11-4-3-5-15(12(11)2)13-6-7-17-16(8-13)14(10-19)9-18-17/h3-10,18H,1-2H3. The second-order valence-electron chi connectivity index (χ2n) is 4.87. The van der Waals surface area contributed by atoms with Crippen LogP contribution < -0.4 is 0 Å². The van der Waals surface area contributed by atoms with Crippen LogP contribution in [0.1, 0.15) is 21.5 Å². The molecule has 1 aromatic heterocycles. The molecule has 0 aliphatic rings. The smallest absolute Gasteiger partial charge is 0.152 e. The molecule has 19 heavy (non-hydrogen) atoms. The fraction of sp³-hybridized carbons (Fsp3) is 0.118. The summed E-state index contributed by atoms with van der Waals surface area (Å²) in [6, 6.07) is 12.5. The largest absolute Gasteiger partial charge is 0.360 e.